The van der Waals surface area contributed by atoms with E-state index in [2.05, 4.69) is 5.32 Å². The Bertz CT molecular complexity index is 521. The van der Waals surface area contributed by atoms with Gasteiger partial charge in [-0.05, 0) is 24.7 Å². The third kappa shape index (κ3) is 2.74. The van der Waals surface area contributed by atoms with E-state index in [1.54, 1.807) is 0 Å². The molecule has 0 aromatic rings. The molecule has 3 N–H and O–H groups in total. The number of hydrogen-bond acceptors (Lipinski definition) is 4. The highest BCUT2D eigenvalue weighted by Gasteiger charge is 2.73. The van der Waals surface area contributed by atoms with E-state index in [-0.39, 0.29) is 16.7 Å². The Morgan fingerprint density at radius 2 is 1.87 bits per heavy atom. The van der Waals surface area contributed by atoms with Crippen LogP contribution in [0.25, 0.3) is 0 Å². The van der Waals surface area contributed by atoms with Crippen LogP contribution in [0.4, 0.5) is 0 Å². The third-order valence-electron chi connectivity index (χ3n) is 6.29. The number of halogens is 3. The van der Waals surface area contributed by atoms with Crippen molar-refractivity contribution >= 4 is 46.7 Å². The Morgan fingerprint density at radius 1 is 1.26 bits per heavy atom. The first-order chi connectivity index (χ1) is 10.4. The number of fused-ring (bicyclic) bond motifs is 2. The molecule has 0 unspecified atom stereocenters. The lowest BCUT2D eigenvalue weighted by Crippen LogP contribution is -2.47. The maximum absolute atomic E-state index is 12.8. The minimum atomic E-state index is -2.11. The number of ether oxygens (including phenoxy) is 1. The van der Waals surface area contributed by atoms with Crippen molar-refractivity contribution < 1.29 is 14.3 Å². The van der Waals surface area contributed by atoms with Crippen LogP contribution in [0.15, 0.2) is 0 Å². The molecule has 0 aromatic carbocycles. The van der Waals surface area contributed by atoms with Crippen molar-refractivity contribution in [3.8, 4) is 0 Å². The molecule has 2 bridgehead atoms. The maximum Gasteiger partial charge on any atom is 0.358 e. The van der Waals surface area contributed by atoms with E-state index in [9.17, 15) is 9.59 Å². The van der Waals surface area contributed by atoms with E-state index in [4.69, 9.17) is 45.3 Å². The molecule has 2 aliphatic carbocycles. The van der Waals surface area contributed by atoms with Gasteiger partial charge in [0.15, 0.2) is 0 Å². The second-order valence-corrected chi connectivity index (χ2v) is 9.55. The van der Waals surface area contributed by atoms with Crippen LogP contribution in [0.1, 0.15) is 40.0 Å². The Kier molecular flexibility index (Phi) is 4.93. The highest BCUT2D eigenvalue weighted by Crippen LogP contribution is 2.72. The summed E-state index contributed by atoms with van der Waals surface area (Å²) in [5.41, 5.74) is 4.18. The highest BCUT2D eigenvalue weighted by molar-refractivity contribution is 6.75. The van der Waals surface area contributed by atoms with Crippen LogP contribution in [0.2, 0.25) is 0 Å². The molecule has 0 radical (unpaired) electrons. The zero-order valence-electron chi connectivity index (χ0n) is 13.5. The summed E-state index contributed by atoms with van der Waals surface area (Å²) in [6, 6.07) is 0. The van der Waals surface area contributed by atoms with Crippen LogP contribution in [0.3, 0.4) is 0 Å². The number of nitrogens with two attached hydrogens (primary N) is 1. The molecule has 8 heteroatoms. The number of hydrogen-bond donors (Lipinski definition) is 2. The predicted molar refractivity (Wildman–Crippen MR) is 90.4 cm³/mol. The number of amides is 1. The molecular formula is C15H23Cl3N2O3. The van der Waals surface area contributed by atoms with E-state index < -0.39 is 21.3 Å². The Morgan fingerprint density at radius 3 is 2.39 bits per heavy atom. The quantitative estimate of drug-likeness (QED) is 0.575. The molecule has 0 spiro atoms. The fraction of sp³-hybridized carbons (Fsp3) is 0.867. The van der Waals surface area contributed by atoms with Gasteiger partial charge in [0.25, 0.3) is 3.79 Å². The molecule has 0 aliphatic heterocycles. The normalized spacial score (nSPS) is 35.2. The second-order valence-electron chi connectivity index (χ2n) is 7.26. The van der Waals surface area contributed by atoms with Gasteiger partial charge in [0.1, 0.15) is 6.10 Å². The monoisotopic (exact) mass is 384 g/mol. The topological polar surface area (TPSA) is 81.4 Å². The minimum absolute atomic E-state index is 0.0379. The van der Waals surface area contributed by atoms with Crippen molar-refractivity contribution in [2.24, 2.45) is 22.0 Å². The summed E-state index contributed by atoms with van der Waals surface area (Å²) in [6.45, 7) is 6.93. The van der Waals surface area contributed by atoms with Crippen molar-refractivity contribution in [2.75, 3.05) is 13.1 Å². The fourth-order valence-corrected chi connectivity index (χ4v) is 4.45. The van der Waals surface area contributed by atoms with Crippen molar-refractivity contribution in [1.82, 2.24) is 5.32 Å². The van der Waals surface area contributed by atoms with Crippen LogP contribution in [0, 0.1) is 16.2 Å². The third-order valence-corrected chi connectivity index (χ3v) is 6.75. The standard InChI is InChI=1S/C15H23Cl3N2O3/c1-12(2)13(3)4-5-14(12,10(21)20-7-6-19)8-9(13)23-11(22)15(16,17)18/h9H,4-8,19H2,1-3H3,(H,20,21)/t9-,13-,14+/m1/s1. The molecule has 2 rings (SSSR count). The van der Waals surface area contributed by atoms with E-state index in [0.717, 1.165) is 12.8 Å². The van der Waals surface area contributed by atoms with Crippen LogP contribution in [-0.4, -0.2) is 34.9 Å². The number of carbonyl (C=O) groups is 2. The summed E-state index contributed by atoms with van der Waals surface area (Å²) in [4.78, 5) is 24.7. The van der Waals surface area contributed by atoms with Gasteiger partial charge in [0, 0.05) is 18.5 Å². The molecule has 1 amide bonds. The smallest absolute Gasteiger partial charge is 0.358 e. The van der Waals surface area contributed by atoms with E-state index in [1.165, 1.54) is 0 Å². The molecular weight excluding hydrogens is 363 g/mol. The Balaban J connectivity index is 2.28. The number of nitrogens with one attached hydrogen (secondary N) is 1. The number of esters is 1. The predicted octanol–water partition coefficient (Wildman–Crippen LogP) is 2.56. The van der Waals surface area contributed by atoms with E-state index in [0.29, 0.717) is 19.5 Å². The molecule has 2 fully saturated rings. The van der Waals surface area contributed by atoms with Gasteiger partial charge in [-0.25, -0.2) is 4.79 Å². The molecule has 2 saturated carbocycles. The zero-order chi connectivity index (χ0) is 17.7. The SMILES string of the molecule is CC1(C)[C@@]2(C(=O)NCCN)CC[C@]1(C)[C@H](OC(=O)C(Cl)(Cl)Cl)C2. The number of carbonyl (C=O) groups excluding carboxylic acids is 2. The Labute approximate surface area is 151 Å². The lowest BCUT2D eigenvalue weighted by atomic mass is 9.64. The van der Waals surface area contributed by atoms with Crippen LogP contribution < -0.4 is 11.1 Å². The first-order valence-electron chi connectivity index (χ1n) is 7.68. The summed E-state index contributed by atoms with van der Waals surface area (Å²) in [5, 5.41) is 2.89. The van der Waals surface area contributed by atoms with Gasteiger partial charge < -0.3 is 15.8 Å². The van der Waals surface area contributed by atoms with Crippen LogP contribution >= 0.6 is 34.8 Å². The molecule has 2 aliphatic rings. The average Bonchev–Trinajstić information content (AvgIpc) is 2.74. The summed E-state index contributed by atoms with van der Waals surface area (Å²) < 4.78 is 3.37. The maximum atomic E-state index is 12.8. The van der Waals surface area contributed by atoms with Gasteiger partial charge in [-0.2, -0.15) is 0 Å². The van der Waals surface area contributed by atoms with E-state index >= 15 is 0 Å². The zero-order valence-corrected chi connectivity index (χ0v) is 15.8. The summed E-state index contributed by atoms with van der Waals surface area (Å²) in [7, 11) is 0. The molecule has 23 heavy (non-hydrogen) atoms. The van der Waals surface area contributed by atoms with Crippen molar-refractivity contribution in [1.29, 1.82) is 0 Å². The van der Waals surface area contributed by atoms with E-state index in [1.807, 2.05) is 20.8 Å². The van der Waals surface area contributed by atoms with Gasteiger partial charge in [0.05, 0.1) is 5.41 Å². The molecule has 3 atom stereocenters. The second kappa shape index (κ2) is 5.94. The first-order valence-corrected chi connectivity index (χ1v) is 8.82. The summed E-state index contributed by atoms with van der Waals surface area (Å²) in [5.74, 6) is -0.932. The average molecular weight is 386 g/mol. The van der Waals surface area contributed by atoms with Crippen molar-refractivity contribution in [3.63, 3.8) is 0 Å². The van der Waals surface area contributed by atoms with Gasteiger partial charge in [-0.1, -0.05) is 55.6 Å². The van der Waals surface area contributed by atoms with Gasteiger partial charge in [-0.3, -0.25) is 4.79 Å². The summed E-state index contributed by atoms with van der Waals surface area (Å²) >= 11 is 16.8. The molecule has 0 saturated heterocycles. The largest absolute Gasteiger partial charge is 0.459 e. The Hall–Kier alpha value is -0.230. The number of alkyl halides is 3. The highest BCUT2D eigenvalue weighted by atomic mass is 35.6. The molecule has 5 nitrogen and oxygen atoms in total. The first kappa shape index (κ1) is 19.1. The number of rotatable bonds is 4. The lowest BCUT2D eigenvalue weighted by molar-refractivity contribution is -0.156. The molecule has 0 aromatic heterocycles. The van der Waals surface area contributed by atoms with Crippen molar-refractivity contribution in [3.05, 3.63) is 0 Å². The van der Waals surface area contributed by atoms with Crippen molar-refractivity contribution in [2.45, 2.75) is 49.9 Å². The summed E-state index contributed by atoms with van der Waals surface area (Å²) in [6.07, 6.45) is 1.49. The molecule has 0 heterocycles. The molecule has 132 valence electrons. The lowest BCUT2D eigenvalue weighted by Gasteiger charge is -2.40. The minimum Gasteiger partial charge on any atom is -0.459 e. The fourth-order valence-electron chi connectivity index (χ4n) is 4.32. The van der Waals surface area contributed by atoms with Gasteiger partial charge >= 0.3 is 5.97 Å². The van der Waals surface area contributed by atoms with Gasteiger partial charge in [0.2, 0.25) is 5.91 Å². The van der Waals surface area contributed by atoms with Crippen LogP contribution in [0.5, 0.6) is 0 Å². The van der Waals surface area contributed by atoms with Crippen LogP contribution in [-0.2, 0) is 14.3 Å². The van der Waals surface area contributed by atoms with Gasteiger partial charge in [-0.15, -0.1) is 0 Å².